The summed E-state index contributed by atoms with van der Waals surface area (Å²) in [6, 6.07) is 6.08. The lowest BCUT2D eigenvalue weighted by molar-refractivity contribution is 0.0984. The Balaban J connectivity index is 1.59. The van der Waals surface area contributed by atoms with Crippen molar-refractivity contribution in [1.29, 1.82) is 0 Å². The van der Waals surface area contributed by atoms with Gasteiger partial charge in [0.05, 0.1) is 22.9 Å². The van der Waals surface area contributed by atoms with Crippen molar-refractivity contribution in [2.45, 2.75) is 69.6 Å². The van der Waals surface area contributed by atoms with E-state index in [9.17, 15) is 18.0 Å². The van der Waals surface area contributed by atoms with Crippen LogP contribution in [0.3, 0.4) is 0 Å². The highest BCUT2D eigenvalue weighted by Crippen LogP contribution is 2.49. The van der Waals surface area contributed by atoms with Crippen molar-refractivity contribution in [3.8, 4) is 5.75 Å². The number of aromatic amines is 1. The maximum atomic E-state index is 14.0. The Kier molecular flexibility index (Phi) is 8.15. The van der Waals surface area contributed by atoms with E-state index in [1.54, 1.807) is 25.3 Å². The number of piperidine rings is 1. The molecule has 5 rings (SSSR count). The van der Waals surface area contributed by atoms with E-state index in [4.69, 9.17) is 4.74 Å². The summed E-state index contributed by atoms with van der Waals surface area (Å²) >= 11 is 0. The van der Waals surface area contributed by atoms with Gasteiger partial charge < -0.3 is 19.5 Å². The van der Waals surface area contributed by atoms with Crippen LogP contribution in [0.2, 0.25) is 0 Å². The summed E-state index contributed by atoms with van der Waals surface area (Å²) in [5.74, 6) is 0.314. The number of ketones is 1. The average Bonchev–Trinajstić information content (AvgIpc) is 3.68. The Morgan fingerprint density at radius 1 is 1.19 bits per heavy atom. The molecule has 0 radical (unpaired) electrons. The predicted octanol–water partition coefficient (Wildman–Crippen LogP) is 4.59. The van der Waals surface area contributed by atoms with Crippen LogP contribution in [-0.4, -0.2) is 73.1 Å². The normalized spacial score (nSPS) is 17.1. The number of ether oxygens (including phenoxy) is 1. The number of methoxy groups -OCH3 is 1. The molecule has 0 amide bonds. The summed E-state index contributed by atoms with van der Waals surface area (Å²) in [4.78, 5) is 33.9. The number of benzene rings is 1. The number of Topliss-reactive ketones (excluding diaryl/α,β-unsaturated/α-hetero) is 1. The second-order valence-corrected chi connectivity index (χ2v) is 14.3. The van der Waals surface area contributed by atoms with Crippen LogP contribution in [0.15, 0.2) is 41.8 Å². The summed E-state index contributed by atoms with van der Waals surface area (Å²) in [6.45, 7) is 9.06. The molecule has 0 bridgehead atoms. The number of fused-ring (bicyclic) bond motifs is 1. The Hall–Kier alpha value is -3.37. The Bertz CT molecular complexity index is 1690. The van der Waals surface area contributed by atoms with Crippen LogP contribution in [0.4, 0.5) is 5.69 Å². The molecule has 1 aliphatic carbocycles. The maximum absolute atomic E-state index is 14.0. The molecule has 1 saturated carbocycles. The van der Waals surface area contributed by atoms with Crippen LogP contribution in [-0.2, 0) is 16.4 Å². The van der Waals surface area contributed by atoms with E-state index in [0.29, 0.717) is 58.8 Å². The lowest BCUT2D eigenvalue weighted by atomic mass is 9.96. The van der Waals surface area contributed by atoms with Gasteiger partial charge in [-0.1, -0.05) is 6.08 Å². The SMILES string of the molecule is C=CCC1(S(=O)(=O)n2cc(C)c3c(C(=O)CCc4c(OC)cc(C)[nH]c4=O)cc(N4CCC(N(C)C)CC4)cc32)CC1. The van der Waals surface area contributed by atoms with Crippen LogP contribution in [0, 0.1) is 13.8 Å². The van der Waals surface area contributed by atoms with Crippen LogP contribution >= 0.6 is 0 Å². The molecule has 1 aromatic carbocycles. The van der Waals surface area contributed by atoms with Gasteiger partial charge in [0.25, 0.3) is 5.56 Å². The van der Waals surface area contributed by atoms with Crippen molar-refractivity contribution < 1.29 is 17.9 Å². The quantitative estimate of drug-likeness (QED) is 0.256. The van der Waals surface area contributed by atoms with Crippen LogP contribution < -0.4 is 15.2 Å². The van der Waals surface area contributed by atoms with Crippen molar-refractivity contribution in [1.82, 2.24) is 13.9 Å². The number of aromatic nitrogens is 2. The molecule has 42 heavy (non-hydrogen) atoms. The fourth-order valence-corrected chi connectivity index (χ4v) is 8.47. The van der Waals surface area contributed by atoms with E-state index in [1.807, 2.05) is 19.1 Å². The average molecular weight is 595 g/mol. The van der Waals surface area contributed by atoms with Crippen molar-refractivity contribution >= 4 is 32.4 Å². The summed E-state index contributed by atoms with van der Waals surface area (Å²) in [7, 11) is 1.96. The molecule has 2 aromatic heterocycles. The third-order valence-corrected chi connectivity index (χ3v) is 11.6. The van der Waals surface area contributed by atoms with Crippen molar-refractivity contribution in [2.75, 3.05) is 39.2 Å². The number of pyridine rings is 1. The van der Waals surface area contributed by atoms with Crippen LogP contribution in [0.1, 0.15) is 65.7 Å². The second kappa shape index (κ2) is 11.4. The van der Waals surface area contributed by atoms with Gasteiger partial charge >= 0.3 is 0 Å². The molecule has 1 saturated heterocycles. The molecule has 1 aliphatic heterocycles. The fourth-order valence-electron chi connectivity index (χ4n) is 6.41. The Labute approximate surface area is 248 Å². The molecule has 2 fully saturated rings. The lowest BCUT2D eigenvalue weighted by Crippen LogP contribution is -2.42. The van der Waals surface area contributed by atoms with Gasteiger partial charge in [-0.15, -0.1) is 6.58 Å². The molecule has 0 unspecified atom stereocenters. The second-order valence-electron chi connectivity index (χ2n) is 12.1. The minimum Gasteiger partial charge on any atom is -0.496 e. The van der Waals surface area contributed by atoms with Crippen molar-refractivity contribution in [3.63, 3.8) is 0 Å². The van der Waals surface area contributed by atoms with Crippen LogP contribution in [0.25, 0.3) is 10.9 Å². The zero-order valence-corrected chi connectivity index (χ0v) is 26.1. The smallest absolute Gasteiger partial charge is 0.255 e. The van der Waals surface area contributed by atoms with Gasteiger partial charge in [0, 0.05) is 54.1 Å². The number of carbonyl (C=O) groups excluding carboxylic acids is 1. The number of allylic oxidation sites excluding steroid dienone is 1. The molecule has 2 aliphatic rings. The number of carbonyl (C=O) groups is 1. The van der Waals surface area contributed by atoms with E-state index in [0.717, 1.165) is 37.2 Å². The maximum Gasteiger partial charge on any atom is 0.255 e. The molecule has 0 atom stereocenters. The molecule has 10 heteroatoms. The number of nitrogens with zero attached hydrogens (tertiary/aromatic N) is 3. The first-order valence-corrected chi connectivity index (χ1v) is 16.1. The number of aryl methyl sites for hydroxylation is 2. The first-order valence-electron chi connectivity index (χ1n) is 14.7. The van der Waals surface area contributed by atoms with Gasteiger partial charge in [0.1, 0.15) is 5.75 Å². The highest BCUT2D eigenvalue weighted by molar-refractivity contribution is 7.91. The van der Waals surface area contributed by atoms with Gasteiger partial charge in [-0.05, 0) is 90.2 Å². The zero-order chi connectivity index (χ0) is 30.4. The summed E-state index contributed by atoms with van der Waals surface area (Å²) in [5.41, 5.74) is 3.43. The number of rotatable bonds is 11. The van der Waals surface area contributed by atoms with E-state index >= 15 is 0 Å². The molecule has 3 heterocycles. The largest absolute Gasteiger partial charge is 0.496 e. The predicted molar refractivity (Wildman–Crippen MR) is 168 cm³/mol. The monoisotopic (exact) mass is 594 g/mol. The molecule has 3 aromatic rings. The number of hydrogen-bond donors (Lipinski definition) is 1. The molecule has 226 valence electrons. The highest BCUT2D eigenvalue weighted by Gasteiger charge is 2.54. The number of anilines is 1. The van der Waals surface area contributed by atoms with E-state index in [-0.39, 0.29) is 24.2 Å². The summed E-state index contributed by atoms with van der Waals surface area (Å²) < 4.78 is 34.1. The first-order chi connectivity index (χ1) is 19.9. The van der Waals surface area contributed by atoms with E-state index in [1.165, 1.54) is 11.1 Å². The number of hydrogen-bond acceptors (Lipinski definition) is 7. The minimum absolute atomic E-state index is 0.0849. The third-order valence-electron chi connectivity index (χ3n) is 9.09. The van der Waals surface area contributed by atoms with Gasteiger partial charge in [0.2, 0.25) is 10.0 Å². The Morgan fingerprint density at radius 2 is 1.88 bits per heavy atom. The molecule has 1 N–H and O–H groups in total. The lowest BCUT2D eigenvalue weighted by Gasteiger charge is -2.36. The highest BCUT2D eigenvalue weighted by atomic mass is 32.2. The van der Waals surface area contributed by atoms with Gasteiger partial charge in [-0.2, -0.15) is 0 Å². The topological polar surface area (TPSA) is 105 Å². The zero-order valence-electron chi connectivity index (χ0n) is 25.3. The van der Waals surface area contributed by atoms with E-state index in [2.05, 4.69) is 35.5 Å². The first kappa shape index (κ1) is 30.1. The van der Waals surface area contributed by atoms with E-state index < -0.39 is 14.8 Å². The summed E-state index contributed by atoms with van der Waals surface area (Å²) in [6.07, 6.45) is 7.17. The van der Waals surface area contributed by atoms with Gasteiger partial charge in [-0.3, -0.25) is 9.59 Å². The molecule has 0 spiro atoms. The van der Waals surface area contributed by atoms with Gasteiger partial charge in [-0.25, -0.2) is 12.4 Å². The summed E-state index contributed by atoms with van der Waals surface area (Å²) in [5, 5.41) is 0.648. The Morgan fingerprint density at radius 3 is 2.48 bits per heavy atom. The molecule has 9 nitrogen and oxygen atoms in total. The van der Waals surface area contributed by atoms with Crippen LogP contribution in [0.5, 0.6) is 5.75 Å². The standard InChI is InChI=1S/C32H42N4O5S/c1-7-12-32(13-14-32)42(39,40)36-20-21(2)30-26(28(37)9-8-25-29(41-6)17-22(3)33-31(25)38)18-24(19-27(30)36)35-15-10-23(11-16-35)34(4)5/h7,17-20,23H,1,8-16H2,2-6H3,(H,33,38). The van der Waals surface area contributed by atoms with Gasteiger partial charge in [0.15, 0.2) is 5.78 Å². The molecular weight excluding hydrogens is 552 g/mol. The minimum atomic E-state index is -3.73. The number of H-pyrrole nitrogens is 1. The van der Waals surface area contributed by atoms with Crippen molar-refractivity contribution in [2.24, 2.45) is 0 Å². The number of nitrogens with one attached hydrogen (secondary N) is 1. The fraction of sp³-hybridized carbons (Fsp3) is 0.500. The molecular formula is C32H42N4O5S. The van der Waals surface area contributed by atoms with Crippen molar-refractivity contribution in [3.05, 3.63) is 69.8 Å². The third kappa shape index (κ3) is 5.30.